The second-order valence-corrected chi connectivity index (χ2v) is 9.22. The van der Waals surface area contributed by atoms with E-state index in [4.69, 9.17) is 15.2 Å². The van der Waals surface area contributed by atoms with Crippen molar-refractivity contribution in [1.29, 1.82) is 0 Å². The number of aromatic nitrogens is 1. The maximum atomic E-state index is 9.11. The lowest BCUT2D eigenvalue weighted by Gasteiger charge is -2.31. The Morgan fingerprint density at radius 2 is 2.12 bits per heavy atom. The van der Waals surface area contributed by atoms with E-state index in [1.807, 2.05) is 18.1 Å². The first-order valence-electron chi connectivity index (χ1n) is 12.0. The SMILES string of the molecule is C=C1N=C(C)C=C(C(CCCNCO)Cc2cc(C)nc(C3CC3)c2)N1/N=C\C(C)CC. The maximum absolute atomic E-state index is 9.11. The van der Waals surface area contributed by atoms with Gasteiger partial charge in [-0.3, -0.25) is 10.3 Å². The van der Waals surface area contributed by atoms with E-state index < -0.39 is 0 Å². The van der Waals surface area contributed by atoms with Crippen LogP contribution in [-0.4, -0.2) is 40.3 Å². The van der Waals surface area contributed by atoms with Crippen LogP contribution in [0, 0.1) is 18.8 Å². The molecule has 174 valence electrons. The van der Waals surface area contributed by atoms with Crippen molar-refractivity contribution < 1.29 is 5.11 Å². The summed E-state index contributed by atoms with van der Waals surface area (Å²) >= 11 is 0. The average molecular weight is 438 g/mol. The van der Waals surface area contributed by atoms with Gasteiger partial charge in [0.2, 0.25) is 0 Å². The molecule has 0 aromatic carbocycles. The Bertz CT molecular complexity index is 884. The number of nitrogens with zero attached hydrogens (tertiary/aromatic N) is 4. The lowest BCUT2D eigenvalue weighted by Crippen LogP contribution is -2.28. The highest BCUT2D eigenvalue weighted by Gasteiger charge is 2.28. The fourth-order valence-electron chi connectivity index (χ4n) is 4.08. The van der Waals surface area contributed by atoms with Crippen LogP contribution >= 0.6 is 0 Å². The van der Waals surface area contributed by atoms with Crippen molar-refractivity contribution >= 4 is 11.9 Å². The molecule has 1 aliphatic heterocycles. The number of pyridine rings is 1. The van der Waals surface area contributed by atoms with E-state index in [0.29, 0.717) is 17.7 Å². The molecule has 0 amide bonds. The molecule has 2 aliphatic rings. The van der Waals surface area contributed by atoms with E-state index in [-0.39, 0.29) is 12.6 Å². The molecule has 2 N–H and O–H groups in total. The van der Waals surface area contributed by atoms with E-state index in [1.165, 1.54) is 24.1 Å². The minimum absolute atomic E-state index is 0.00948. The third-order valence-electron chi connectivity index (χ3n) is 6.18. The Morgan fingerprint density at radius 1 is 1.34 bits per heavy atom. The Morgan fingerprint density at radius 3 is 2.81 bits per heavy atom. The number of hydrogen-bond acceptors (Lipinski definition) is 6. The molecule has 6 heteroatoms. The van der Waals surface area contributed by atoms with Crippen molar-refractivity contribution in [2.24, 2.45) is 21.9 Å². The Kier molecular flexibility index (Phi) is 8.76. The van der Waals surface area contributed by atoms with Gasteiger partial charge in [0.05, 0.1) is 6.73 Å². The third kappa shape index (κ3) is 6.84. The van der Waals surface area contributed by atoms with Gasteiger partial charge in [0.15, 0.2) is 0 Å². The molecule has 1 aromatic rings. The predicted molar refractivity (Wildman–Crippen MR) is 133 cm³/mol. The molecular formula is C26H39N5O. The van der Waals surface area contributed by atoms with E-state index in [2.05, 4.69) is 55.9 Å². The first-order chi connectivity index (χ1) is 15.4. The van der Waals surface area contributed by atoms with Gasteiger partial charge >= 0.3 is 0 Å². The van der Waals surface area contributed by atoms with Crippen LogP contribution < -0.4 is 5.32 Å². The lowest BCUT2D eigenvalue weighted by atomic mass is 9.89. The van der Waals surface area contributed by atoms with E-state index in [9.17, 15) is 0 Å². The van der Waals surface area contributed by atoms with Crippen molar-refractivity contribution in [3.8, 4) is 0 Å². The van der Waals surface area contributed by atoms with Gasteiger partial charge in [0.25, 0.3) is 0 Å². The first kappa shape index (κ1) is 24.3. The number of aryl methyl sites for hydroxylation is 1. The highest BCUT2D eigenvalue weighted by molar-refractivity contribution is 5.95. The summed E-state index contributed by atoms with van der Waals surface area (Å²) in [5.74, 6) is 1.97. The quantitative estimate of drug-likeness (QED) is 0.277. The molecule has 2 heterocycles. The number of aliphatic imine (C=N–C) groups is 1. The lowest BCUT2D eigenvalue weighted by molar-refractivity contribution is 0.257. The zero-order valence-electron chi connectivity index (χ0n) is 20.1. The fraction of sp³-hybridized carbons (Fsp3) is 0.577. The number of allylic oxidation sites excluding steroid dienone is 2. The van der Waals surface area contributed by atoms with Gasteiger partial charge in [-0.05, 0) is 88.6 Å². The zero-order valence-corrected chi connectivity index (χ0v) is 20.1. The molecule has 0 spiro atoms. The van der Waals surface area contributed by atoms with Gasteiger partial charge in [0, 0.05) is 40.8 Å². The van der Waals surface area contributed by atoms with Gasteiger partial charge in [-0.1, -0.05) is 20.4 Å². The van der Waals surface area contributed by atoms with Crippen LogP contribution in [0.15, 0.2) is 46.4 Å². The van der Waals surface area contributed by atoms with Gasteiger partial charge in [-0.15, -0.1) is 0 Å². The summed E-state index contributed by atoms with van der Waals surface area (Å²) in [6, 6.07) is 4.52. The molecule has 0 saturated heterocycles. The number of aliphatic hydroxyl groups is 1. The zero-order chi connectivity index (χ0) is 23.1. The highest BCUT2D eigenvalue weighted by atomic mass is 16.3. The smallest absolute Gasteiger partial charge is 0.146 e. The third-order valence-corrected chi connectivity index (χ3v) is 6.18. The summed E-state index contributed by atoms with van der Waals surface area (Å²) in [7, 11) is 0. The van der Waals surface area contributed by atoms with Crippen molar-refractivity contribution in [2.45, 2.75) is 72.1 Å². The number of nitrogens with one attached hydrogen (secondary N) is 1. The van der Waals surface area contributed by atoms with Crippen molar-refractivity contribution in [1.82, 2.24) is 15.3 Å². The van der Waals surface area contributed by atoms with Crippen LogP contribution in [0.4, 0.5) is 0 Å². The monoisotopic (exact) mass is 437 g/mol. The number of hydrogen-bond donors (Lipinski definition) is 2. The van der Waals surface area contributed by atoms with E-state index >= 15 is 0 Å². The molecule has 1 aliphatic carbocycles. The Hall–Kier alpha value is -2.31. The van der Waals surface area contributed by atoms with E-state index in [1.54, 1.807) is 0 Å². The first-order valence-corrected chi connectivity index (χ1v) is 12.0. The minimum Gasteiger partial charge on any atom is -0.381 e. The van der Waals surface area contributed by atoms with Gasteiger partial charge < -0.3 is 5.11 Å². The van der Waals surface area contributed by atoms with Gasteiger partial charge in [-0.2, -0.15) is 5.10 Å². The summed E-state index contributed by atoms with van der Waals surface area (Å²) in [6.45, 7) is 13.4. The van der Waals surface area contributed by atoms with Crippen LogP contribution in [0.1, 0.15) is 75.7 Å². The molecule has 32 heavy (non-hydrogen) atoms. The summed E-state index contributed by atoms with van der Waals surface area (Å²) in [5.41, 5.74) is 5.78. The second-order valence-electron chi connectivity index (χ2n) is 9.22. The number of rotatable bonds is 12. The standard InChI is InChI=1S/C26H39N5O/c1-6-18(2)16-28-31-21(5)29-20(4)13-26(31)24(8-7-11-27-17-32)14-22-12-19(3)30-25(15-22)23-9-10-23/h12-13,15-16,18,23-24,27,32H,5-11,14,17H2,1-4H3/b28-16-. The summed E-state index contributed by atoms with van der Waals surface area (Å²) in [5, 5.41) is 18.9. The normalized spacial score (nSPS) is 18.7. The molecular weight excluding hydrogens is 398 g/mol. The largest absolute Gasteiger partial charge is 0.381 e. The molecule has 1 fully saturated rings. The topological polar surface area (TPSA) is 73.1 Å². The van der Waals surface area contributed by atoms with Crippen LogP contribution in [0.2, 0.25) is 0 Å². The van der Waals surface area contributed by atoms with Crippen LogP contribution in [0.3, 0.4) is 0 Å². The molecule has 2 unspecified atom stereocenters. The van der Waals surface area contributed by atoms with Crippen molar-refractivity contribution in [3.05, 3.63) is 53.3 Å². The second kappa shape index (κ2) is 11.5. The van der Waals surface area contributed by atoms with Crippen LogP contribution in [-0.2, 0) is 6.42 Å². The van der Waals surface area contributed by atoms with Crippen molar-refractivity contribution in [2.75, 3.05) is 13.3 Å². The Labute approximate surface area is 193 Å². The molecule has 2 atom stereocenters. The number of aliphatic hydroxyl groups excluding tert-OH is 1. The predicted octanol–water partition coefficient (Wildman–Crippen LogP) is 4.91. The van der Waals surface area contributed by atoms with Crippen LogP contribution in [0.25, 0.3) is 0 Å². The minimum atomic E-state index is 0.00948. The van der Waals surface area contributed by atoms with Crippen LogP contribution in [0.5, 0.6) is 0 Å². The molecule has 3 rings (SSSR count). The average Bonchev–Trinajstić information content (AvgIpc) is 3.59. The van der Waals surface area contributed by atoms with Gasteiger partial charge in [0.1, 0.15) is 5.82 Å². The number of hydrazone groups is 1. The fourth-order valence-corrected chi connectivity index (χ4v) is 4.08. The molecule has 6 nitrogen and oxygen atoms in total. The summed E-state index contributed by atoms with van der Waals surface area (Å²) < 4.78 is 0. The van der Waals surface area contributed by atoms with Gasteiger partial charge in [-0.25, -0.2) is 10.0 Å². The van der Waals surface area contributed by atoms with Crippen molar-refractivity contribution in [3.63, 3.8) is 0 Å². The summed E-state index contributed by atoms with van der Waals surface area (Å²) in [6.07, 6.45) is 10.6. The molecule has 0 bridgehead atoms. The maximum Gasteiger partial charge on any atom is 0.146 e. The molecule has 1 saturated carbocycles. The molecule has 1 aromatic heterocycles. The highest BCUT2D eigenvalue weighted by Crippen LogP contribution is 2.40. The molecule has 0 radical (unpaired) electrons. The van der Waals surface area contributed by atoms with E-state index in [0.717, 1.165) is 49.3 Å². The Balaban J connectivity index is 1.89. The summed E-state index contributed by atoms with van der Waals surface area (Å²) in [4.78, 5) is 9.36.